The van der Waals surface area contributed by atoms with Crippen LogP contribution >= 0.6 is 12.6 Å². The Balaban J connectivity index is 0.000000421. The van der Waals surface area contributed by atoms with Gasteiger partial charge in [0, 0.05) is 49.8 Å². The van der Waals surface area contributed by atoms with E-state index in [1.165, 1.54) is 5.69 Å². The largest absolute Gasteiger partial charge is 0.479 e. The molecule has 0 aliphatic carbocycles. The van der Waals surface area contributed by atoms with Crippen molar-refractivity contribution in [3.63, 3.8) is 0 Å². The molecule has 0 N–H and O–H groups in total. The molecule has 0 saturated carbocycles. The lowest BCUT2D eigenvalue weighted by atomic mass is 10.1. The molecule has 0 bridgehead atoms. The summed E-state index contributed by atoms with van der Waals surface area (Å²) in [5.74, 6) is 1.33. The van der Waals surface area contributed by atoms with Crippen molar-refractivity contribution in [2.75, 3.05) is 77.9 Å². The molecule has 0 amide bonds. The Hall–Kier alpha value is -2.46. The van der Waals surface area contributed by atoms with Crippen LogP contribution in [0.4, 0.5) is 5.69 Å². The van der Waals surface area contributed by atoms with Gasteiger partial charge in [-0.3, -0.25) is 4.98 Å². The van der Waals surface area contributed by atoms with E-state index >= 15 is 0 Å². The van der Waals surface area contributed by atoms with Crippen LogP contribution in [0.3, 0.4) is 0 Å². The zero-order valence-corrected chi connectivity index (χ0v) is 26.1. The first-order valence-corrected chi connectivity index (χ1v) is 14.7. The molecule has 2 fully saturated rings. The Labute approximate surface area is 241 Å². The normalized spacial score (nSPS) is 14.9. The second-order valence-electron chi connectivity index (χ2n) is 9.23. The Morgan fingerprint density at radius 1 is 0.846 bits per heavy atom. The number of anilines is 1. The maximum absolute atomic E-state index is 5.40. The van der Waals surface area contributed by atoms with Crippen molar-refractivity contribution in [2.24, 2.45) is 5.92 Å². The summed E-state index contributed by atoms with van der Waals surface area (Å²) >= 11 is 3.53. The smallest absolute Gasteiger partial charge is 0.242 e. The van der Waals surface area contributed by atoms with Crippen LogP contribution in [-0.2, 0) is 9.47 Å². The van der Waals surface area contributed by atoms with Gasteiger partial charge in [0.1, 0.15) is 0 Å². The van der Waals surface area contributed by atoms with E-state index in [0.717, 1.165) is 75.3 Å². The summed E-state index contributed by atoms with van der Waals surface area (Å²) in [6.07, 6.45) is 5.01. The Kier molecular flexibility index (Phi) is 18.1. The molecule has 9 heteroatoms. The van der Waals surface area contributed by atoms with Crippen LogP contribution in [0, 0.1) is 5.92 Å². The third-order valence-electron chi connectivity index (χ3n) is 5.39. The quantitative estimate of drug-likeness (QED) is 0.409. The number of benzene rings is 1. The number of ether oxygens (including phenoxy) is 3. The van der Waals surface area contributed by atoms with Crippen molar-refractivity contribution < 1.29 is 14.2 Å². The molecule has 3 aromatic rings. The molecule has 0 atom stereocenters. The molecule has 218 valence electrons. The SMILES string of the molecule is CC.CC(C)C.CN1CCOCC1.COc1nc(-c2ccc(N3CCOCC3)cc2)cc2nccnc12.CS. The van der Waals surface area contributed by atoms with Crippen LogP contribution in [-0.4, -0.2) is 92.9 Å². The van der Waals surface area contributed by atoms with Gasteiger partial charge in [-0.15, -0.1) is 0 Å². The van der Waals surface area contributed by atoms with E-state index in [0.29, 0.717) is 11.4 Å². The molecule has 39 heavy (non-hydrogen) atoms. The zero-order valence-electron chi connectivity index (χ0n) is 25.2. The first-order valence-electron chi connectivity index (χ1n) is 13.8. The van der Waals surface area contributed by atoms with Gasteiger partial charge < -0.3 is 24.0 Å². The van der Waals surface area contributed by atoms with Gasteiger partial charge in [0.15, 0.2) is 5.52 Å². The van der Waals surface area contributed by atoms with Gasteiger partial charge >= 0.3 is 0 Å². The Bertz CT molecular complexity index is 1020. The number of hydrogen-bond donors (Lipinski definition) is 1. The molecule has 4 heterocycles. The third-order valence-corrected chi connectivity index (χ3v) is 5.39. The van der Waals surface area contributed by atoms with E-state index in [1.807, 2.05) is 19.9 Å². The first kappa shape index (κ1) is 34.6. The molecule has 0 spiro atoms. The zero-order chi connectivity index (χ0) is 29.0. The molecule has 5 rings (SSSR count). The number of likely N-dealkylation sites (N-methyl/N-ethyl adjacent to an activating group) is 1. The highest BCUT2D eigenvalue weighted by atomic mass is 32.1. The first-order chi connectivity index (χ1) is 19.0. The van der Waals surface area contributed by atoms with E-state index in [2.05, 4.69) is 89.5 Å². The number of methoxy groups -OCH3 is 1. The average Bonchev–Trinajstić information content (AvgIpc) is 2.99. The molecule has 2 aliphatic heterocycles. The Morgan fingerprint density at radius 2 is 1.36 bits per heavy atom. The molecule has 1 aromatic carbocycles. The number of thiol groups is 1. The monoisotopic (exact) mass is 559 g/mol. The van der Waals surface area contributed by atoms with Gasteiger partial charge in [-0.25, -0.2) is 9.97 Å². The summed E-state index contributed by atoms with van der Waals surface area (Å²) in [5, 5.41) is 0. The lowest BCUT2D eigenvalue weighted by Gasteiger charge is -2.28. The third kappa shape index (κ3) is 12.5. The number of aromatic nitrogens is 3. The molecule has 2 aromatic heterocycles. The summed E-state index contributed by atoms with van der Waals surface area (Å²) in [4.78, 5) is 17.8. The Morgan fingerprint density at radius 3 is 1.85 bits per heavy atom. The van der Waals surface area contributed by atoms with Gasteiger partial charge in [-0.1, -0.05) is 46.8 Å². The van der Waals surface area contributed by atoms with E-state index in [9.17, 15) is 0 Å². The predicted octanol–water partition coefficient (Wildman–Crippen LogP) is 5.72. The summed E-state index contributed by atoms with van der Waals surface area (Å²) < 4.78 is 15.9. The van der Waals surface area contributed by atoms with Gasteiger partial charge in [0.25, 0.3) is 0 Å². The van der Waals surface area contributed by atoms with Crippen LogP contribution in [0.1, 0.15) is 34.6 Å². The van der Waals surface area contributed by atoms with Gasteiger partial charge in [0.05, 0.1) is 44.7 Å². The van der Waals surface area contributed by atoms with E-state index in [-0.39, 0.29) is 0 Å². The predicted molar refractivity (Wildman–Crippen MR) is 167 cm³/mol. The lowest BCUT2D eigenvalue weighted by Crippen LogP contribution is -2.36. The molecule has 0 unspecified atom stereocenters. The van der Waals surface area contributed by atoms with Crippen molar-refractivity contribution in [1.29, 1.82) is 0 Å². The lowest BCUT2D eigenvalue weighted by molar-refractivity contribution is 0.0503. The second kappa shape index (κ2) is 20.4. The summed E-state index contributed by atoms with van der Waals surface area (Å²) in [6, 6.07) is 10.3. The highest BCUT2D eigenvalue weighted by Gasteiger charge is 2.13. The van der Waals surface area contributed by atoms with Crippen molar-refractivity contribution in [3.8, 4) is 17.1 Å². The van der Waals surface area contributed by atoms with Crippen molar-refractivity contribution in [2.45, 2.75) is 34.6 Å². The second-order valence-corrected chi connectivity index (χ2v) is 9.23. The number of fused-ring (bicyclic) bond motifs is 1. The molecular weight excluding hydrogens is 510 g/mol. The van der Waals surface area contributed by atoms with Crippen LogP contribution < -0.4 is 9.64 Å². The molecule has 2 saturated heterocycles. The number of nitrogens with zero attached hydrogens (tertiary/aromatic N) is 5. The molecular formula is C30H49N5O3S. The van der Waals surface area contributed by atoms with Crippen LogP contribution in [0.2, 0.25) is 0 Å². The van der Waals surface area contributed by atoms with Gasteiger partial charge in [-0.05, 0) is 37.4 Å². The van der Waals surface area contributed by atoms with E-state index in [4.69, 9.17) is 14.2 Å². The van der Waals surface area contributed by atoms with Crippen LogP contribution in [0.25, 0.3) is 22.3 Å². The fourth-order valence-electron chi connectivity index (χ4n) is 3.55. The summed E-state index contributed by atoms with van der Waals surface area (Å²) in [7, 11) is 3.71. The average molecular weight is 560 g/mol. The minimum atomic E-state index is 0.493. The van der Waals surface area contributed by atoms with Crippen LogP contribution in [0.15, 0.2) is 42.7 Å². The standard InChI is InChI=1S/C18H18N4O2.C5H11NO.C4H10.C2H6.CH4S/c1-23-18-17-16(19-6-7-20-17)12-15(21-18)13-2-4-14(5-3-13)22-8-10-24-11-9-22;1-6-2-4-7-5-3-6;1-4(2)3;2*1-2/h2-7,12H,8-11H2,1H3;2-5H2,1H3;4H,1-3H3;1-2H3;2H,1H3. The highest BCUT2D eigenvalue weighted by Crippen LogP contribution is 2.28. The molecule has 0 radical (unpaired) electrons. The van der Waals surface area contributed by atoms with Crippen LogP contribution in [0.5, 0.6) is 5.88 Å². The maximum Gasteiger partial charge on any atom is 0.242 e. The number of morpholine rings is 2. The summed E-state index contributed by atoms with van der Waals surface area (Å²) in [5.41, 5.74) is 4.51. The summed E-state index contributed by atoms with van der Waals surface area (Å²) in [6.45, 7) is 17.9. The minimum Gasteiger partial charge on any atom is -0.479 e. The van der Waals surface area contributed by atoms with Gasteiger partial charge in [0.2, 0.25) is 5.88 Å². The number of rotatable bonds is 3. The topological polar surface area (TPSA) is 72.8 Å². The van der Waals surface area contributed by atoms with Crippen molar-refractivity contribution in [3.05, 3.63) is 42.7 Å². The van der Waals surface area contributed by atoms with E-state index < -0.39 is 0 Å². The van der Waals surface area contributed by atoms with E-state index in [1.54, 1.807) is 25.8 Å². The highest BCUT2D eigenvalue weighted by molar-refractivity contribution is 7.79. The number of pyridine rings is 1. The fourth-order valence-corrected chi connectivity index (χ4v) is 3.55. The van der Waals surface area contributed by atoms with Gasteiger partial charge in [-0.2, -0.15) is 12.6 Å². The fraction of sp³-hybridized carbons (Fsp3) is 0.567. The van der Waals surface area contributed by atoms with Crippen molar-refractivity contribution >= 4 is 29.3 Å². The number of hydrogen-bond acceptors (Lipinski definition) is 9. The van der Waals surface area contributed by atoms with Crippen molar-refractivity contribution in [1.82, 2.24) is 19.9 Å². The minimum absolute atomic E-state index is 0.493. The maximum atomic E-state index is 5.40. The molecule has 8 nitrogen and oxygen atoms in total. The molecule has 2 aliphatic rings.